The van der Waals surface area contributed by atoms with Crippen LogP contribution in [0.25, 0.3) is 0 Å². The molecule has 0 aromatic carbocycles. The normalized spacial score (nSPS) is 25.0. The van der Waals surface area contributed by atoms with Crippen molar-refractivity contribution < 1.29 is 0 Å². The average molecular weight is 269 g/mol. The molecule has 1 aliphatic rings. The fraction of sp³-hybridized carbons (Fsp3) is 1.00. The van der Waals surface area contributed by atoms with Crippen LogP contribution in [0, 0.1) is 0 Å². The van der Waals surface area contributed by atoms with Gasteiger partial charge in [-0.2, -0.15) is 0 Å². The van der Waals surface area contributed by atoms with Crippen molar-refractivity contribution in [3.63, 3.8) is 0 Å². The first kappa shape index (κ1) is 9.19. The second-order valence-electron chi connectivity index (χ2n) is 2.61. The van der Waals surface area contributed by atoms with Crippen LogP contribution in [0.2, 0.25) is 12.6 Å². The molecule has 0 bridgehead atoms. The molecule has 1 atom stereocenters. The van der Waals surface area contributed by atoms with Gasteiger partial charge < -0.3 is 0 Å². The first-order chi connectivity index (χ1) is 4.80. The number of halogens is 1. The molecule has 0 N–H and O–H groups in total. The van der Waals surface area contributed by atoms with E-state index < -0.39 is 0 Å². The van der Waals surface area contributed by atoms with Crippen molar-refractivity contribution in [3.05, 3.63) is 0 Å². The lowest BCUT2D eigenvalue weighted by molar-refractivity contribution is 0.509. The summed E-state index contributed by atoms with van der Waals surface area (Å²) in [6.45, 7) is 3.55. The molecule has 0 spiro atoms. The summed E-state index contributed by atoms with van der Waals surface area (Å²) < 4.78 is 3.19. The predicted molar refractivity (Wildman–Crippen MR) is 59.4 cm³/mol. The number of nitrogens with zero attached hydrogens (tertiary/aromatic N) is 1. The van der Waals surface area contributed by atoms with Crippen LogP contribution in [0.5, 0.6) is 0 Å². The van der Waals surface area contributed by atoms with Gasteiger partial charge in [-0.1, -0.05) is 47.2 Å². The predicted octanol–water partition coefficient (Wildman–Crippen LogP) is 2.00. The van der Waals surface area contributed by atoms with E-state index in [1.54, 1.807) is 0 Å². The van der Waals surface area contributed by atoms with Gasteiger partial charge >= 0.3 is 0 Å². The Morgan fingerprint density at radius 2 is 2.40 bits per heavy atom. The van der Waals surface area contributed by atoms with Crippen LogP contribution < -0.4 is 0 Å². The molecule has 0 aromatic heterocycles. The zero-order valence-electron chi connectivity index (χ0n) is 6.35. The average Bonchev–Trinajstić information content (AvgIpc) is 2.12. The molecule has 0 amide bonds. The minimum absolute atomic E-state index is 0.695. The molecule has 1 rings (SSSR count). The maximum atomic E-state index is 2.49. The molecule has 4 heteroatoms. The van der Waals surface area contributed by atoms with Crippen molar-refractivity contribution in [2.24, 2.45) is 0 Å². The van der Waals surface area contributed by atoms with Gasteiger partial charge in [0.1, 0.15) is 7.28 Å². The van der Waals surface area contributed by atoms with Crippen LogP contribution in [-0.4, -0.2) is 27.9 Å². The van der Waals surface area contributed by atoms with E-state index in [4.69, 9.17) is 0 Å². The van der Waals surface area contributed by atoms with Crippen molar-refractivity contribution in [1.29, 1.82) is 0 Å². The van der Waals surface area contributed by atoms with Crippen molar-refractivity contribution in [1.82, 2.24) is 4.31 Å². The van der Waals surface area contributed by atoms with E-state index in [1.165, 1.54) is 32.2 Å². The van der Waals surface area contributed by atoms with Crippen LogP contribution in [0.4, 0.5) is 0 Å². The standard InChI is InChI=1S/C6H13BINS/c1-6(8)9-4-2-7-3-5-10-9/h6-7H,2-5H2,1H3. The van der Waals surface area contributed by atoms with E-state index in [0.717, 1.165) is 0 Å². The zero-order chi connectivity index (χ0) is 7.40. The van der Waals surface area contributed by atoms with Gasteiger partial charge in [-0.15, -0.1) is 0 Å². The lowest BCUT2D eigenvalue weighted by Gasteiger charge is -2.21. The molecule has 0 saturated carbocycles. The Bertz CT molecular complexity index is 93.7. The van der Waals surface area contributed by atoms with Crippen LogP contribution in [0.3, 0.4) is 0 Å². The lowest BCUT2D eigenvalue weighted by atomic mass is 9.72. The molecule has 0 aromatic rings. The highest BCUT2D eigenvalue weighted by Crippen LogP contribution is 2.22. The maximum Gasteiger partial charge on any atom is 0.123 e. The van der Waals surface area contributed by atoms with E-state index in [9.17, 15) is 0 Å². The highest BCUT2D eigenvalue weighted by Gasteiger charge is 2.13. The second-order valence-corrected chi connectivity index (χ2v) is 5.55. The highest BCUT2D eigenvalue weighted by atomic mass is 127. The topological polar surface area (TPSA) is 3.24 Å². The fourth-order valence-electron chi connectivity index (χ4n) is 1.07. The molecular weight excluding hydrogens is 256 g/mol. The Morgan fingerprint density at radius 1 is 1.60 bits per heavy atom. The summed E-state index contributed by atoms with van der Waals surface area (Å²) in [6, 6.07) is 0. The molecule has 1 heterocycles. The summed E-state index contributed by atoms with van der Waals surface area (Å²) >= 11 is 4.50. The third-order valence-corrected chi connectivity index (χ3v) is 4.03. The molecule has 1 nitrogen and oxygen atoms in total. The third-order valence-electron chi connectivity index (χ3n) is 1.68. The Morgan fingerprint density at radius 3 is 3.10 bits per heavy atom. The van der Waals surface area contributed by atoms with Crippen LogP contribution in [-0.2, 0) is 0 Å². The molecule has 58 valence electrons. The molecule has 0 radical (unpaired) electrons. The minimum Gasteiger partial charge on any atom is -0.239 e. The van der Waals surface area contributed by atoms with Gasteiger partial charge in [0.15, 0.2) is 0 Å². The minimum atomic E-state index is 0.695. The van der Waals surface area contributed by atoms with E-state index in [0.29, 0.717) is 4.05 Å². The van der Waals surface area contributed by atoms with E-state index >= 15 is 0 Å². The van der Waals surface area contributed by atoms with Crippen LogP contribution in [0.1, 0.15) is 6.92 Å². The van der Waals surface area contributed by atoms with Gasteiger partial charge in [0.25, 0.3) is 0 Å². The Hall–Kier alpha value is 1.10. The van der Waals surface area contributed by atoms with Crippen LogP contribution in [0.15, 0.2) is 0 Å². The van der Waals surface area contributed by atoms with Gasteiger partial charge in [-0.25, -0.2) is 4.31 Å². The molecule has 1 saturated heterocycles. The lowest BCUT2D eigenvalue weighted by Crippen LogP contribution is -2.21. The van der Waals surface area contributed by atoms with Crippen molar-refractivity contribution in [2.75, 3.05) is 12.3 Å². The summed E-state index contributed by atoms with van der Waals surface area (Å²) in [5, 5.41) is 0. The number of hydrogen-bond acceptors (Lipinski definition) is 2. The number of rotatable bonds is 1. The SMILES string of the molecule is CC(I)N1CCBCCS1. The van der Waals surface area contributed by atoms with Gasteiger partial charge in [-0.05, 0) is 6.92 Å². The van der Waals surface area contributed by atoms with Crippen LogP contribution >= 0.6 is 34.5 Å². The van der Waals surface area contributed by atoms with E-state index in [-0.39, 0.29) is 0 Å². The molecule has 1 fully saturated rings. The first-order valence-corrected chi connectivity index (χ1v) is 6.03. The van der Waals surface area contributed by atoms with Gasteiger partial charge in [0, 0.05) is 12.3 Å². The van der Waals surface area contributed by atoms with Crippen molar-refractivity contribution >= 4 is 41.8 Å². The highest BCUT2D eigenvalue weighted by molar-refractivity contribution is 14.1. The van der Waals surface area contributed by atoms with Gasteiger partial charge in [-0.3, -0.25) is 0 Å². The fourth-order valence-corrected chi connectivity index (χ4v) is 2.87. The van der Waals surface area contributed by atoms with Crippen molar-refractivity contribution in [2.45, 2.75) is 23.6 Å². The third kappa shape index (κ3) is 3.01. The first-order valence-electron chi connectivity index (χ1n) is 3.84. The summed E-state index contributed by atoms with van der Waals surface area (Å²) in [4.78, 5) is 0. The Balaban J connectivity index is 2.28. The second kappa shape index (κ2) is 4.88. The summed E-state index contributed by atoms with van der Waals surface area (Å²) in [7, 11) is 1.42. The molecule has 1 unspecified atom stereocenters. The quantitative estimate of drug-likeness (QED) is 0.235. The molecule has 1 aliphatic heterocycles. The molecular formula is C6H13BINS. The Labute approximate surface area is 81.8 Å². The van der Waals surface area contributed by atoms with Gasteiger partial charge in [0.2, 0.25) is 0 Å². The summed E-state index contributed by atoms with van der Waals surface area (Å²) in [5.41, 5.74) is 0. The number of hydrogen-bond donors (Lipinski definition) is 0. The molecule has 0 aliphatic carbocycles. The van der Waals surface area contributed by atoms with Gasteiger partial charge in [0.05, 0.1) is 4.05 Å². The summed E-state index contributed by atoms with van der Waals surface area (Å²) in [5.74, 6) is 1.33. The maximum absolute atomic E-state index is 2.49. The monoisotopic (exact) mass is 269 g/mol. The van der Waals surface area contributed by atoms with E-state index in [2.05, 4.69) is 33.8 Å². The largest absolute Gasteiger partial charge is 0.239 e. The zero-order valence-corrected chi connectivity index (χ0v) is 9.32. The summed E-state index contributed by atoms with van der Waals surface area (Å²) in [6.07, 6.45) is 2.80. The molecule has 10 heavy (non-hydrogen) atoms. The Kier molecular flexibility index (Phi) is 4.49. The van der Waals surface area contributed by atoms with E-state index in [1.807, 2.05) is 11.9 Å². The van der Waals surface area contributed by atoms with Crippen molar-refractivity contribution in [3.8, 4) is 0 Å². The number of alkyl halides is 1. The smallest absolute Gasteiger partial charge is 0.123 e.